The molecule has 1 fully saturated rings. The molecule has 1 heterocycles. The molecule has 0 spiro atoms. The summed E-state index contributed by atoms with van der Waals surface area (Å²) in [5.74, 6) is -1.55. The number of Topliss-reactive ketones (excluding diaryl/α,β-unsaturated/α-hetero) is 1. The van der Waals surface area contributed by atoms with Crippen molar-refractivity contribution in [2.75, 3.05) is 19.6 Å². The number of hydrogen-bond donors (Lipinski definition) is 1. The van der Waals surface area contributed by atoms with Gasteiger partial charge in [0.05, 0.1) is 5.92 Å². The van der Waals surface area contributed by atoms with Crippen molar-refractivity contribution in [2.24, 2.45) is 11.8 Å². The lowest BCUT2D eigenvalue weighted by atomic mass is 9.88. The zero-order valence-corrected chi connectivity index (χ0v) is 15.1. The van der Waals surface area contributed by atoms with Crippen molar-refractivity contribution >= 4 is 11.7 Å². The van der Waals surface area contributed by atoms with Crippen LogP contribution in [0.25, 0.3) is 0 Å². The standard InChI is InChI=1S/C22H23FN2O2/c1-2-12-24-22(27)20-15-25(13-16-6-4-3-5-7-16)14-19(20)21(26)17-8-10-18(23)11-9-17/h2-11,19-20H,1,12-15H2,(H,24,27)/t19-,20-/m1/s1. The van der Waals surface area contributed by atoms with Crippen LogP contribution in [0.4, 0.5) is 4.39 Å². The average molecular weight is 366 g/mol. The van der Waals surface area contributed by atoms with Gasteiger partial charge in [-0.1, -0.05) is 36.4 Å². The molecule has 1 aliphatic heterocycles. The molecular weight excluding hydrogens is 343 g/mol. The van der Waals surface area contributed by atoms with Crippen molar-refractivity contribution in [3.8, 4) is 0 Å². The highest BCUT2D eigenvalue weighted by molar-refractivity contribution is 6.01. The van der Waals surface area contributed by atoms with Crippen molar-refractivity contribution < 1.29 is 14.0 Å². The van der Waals surface area contributed by atoms with Crippen molar-refractivity contribution in [1.29, 1.82) is 0 Å². The minimum atomic E-state index is -0.455. The van der Waals surface area contributed by atoms with Crippen LogP contribution < -0.4 is 5.32 Å². The van der Waals surface area contributed by atoms with E-state index in [9.17, 15) is 14.0 Å². The zero-order chi connectivity index (χ0) is 19.2. The van der Waals surface area contributed by atoms with Crippen molar-refractivity contribution in [3.05, 3.63) is 84.2 Å². The van der Waals surface area contributed by atoms with Crippen LogP contribution in [0.1, 0.15) is 15.9 Å². The van der Waals surface area contributed by atoms with Crippen LogP contribution in [0.15, 0.2) is 67.3 Å². The summed E-state index contributed by atoms with van der Waals surface area (Å²) in [5, 5.41) is 2.81. The number of amides is 1. The zero-order valence-electron chi connectivity index (χ0n) is 15.1. The molecule has 2 aromatic carbocycles. The second kappa shape index (κ2) is 8.73. The predicted molar refractivity (Wildman–Crippen MR) is 103 cm³/mol. The second-order valence-corrected chi connectivity index (χ2v) is 6.80. The molecular formula is C22H23FN2O2. The lowest BCUT2D eigenvalue weighted by Crippen LogP contribution is -2.37. The number of rotatable bonds is 7. The molecule has 0 bridgehead atoms. The molecule has 27 heavy (non-hydrogen) atoms. The van der Waals surface area contributed by atoms with E-state index in [4.69, 9.17) is 0 Å². The van der Waals surface area contributed by atoms with E-state index in [1.807, 2.05) is 30.3 Å². The summed E-state index contributed by atoms with van der Waals surface area (Å²) in [6.07, 6.45) is 1.62. The normalized spacial score (nSPS) is 19.6. The van der Waals surface area contributed by atoms with Crippen molar-refractivity contribution in [3.63, 3.8) is 0 Å². The number of carbonyl (C=O) groups excluding carboxylic acids is 2. The summed E-state index contributed by atoms with van der Waals surface area (Å²) < 4.78 is 13.2. The van der Waals surface area contributed by atoms with Crippen molar-refractivity contribution in [1.82, 2.24) is 10.2 Å². The van der Waals surface area contributed by atoms with Gasteiger partial charge in [0.1, 0.15) is 5.82 Å². The number of halogens is 1. The van der Waals surface area contributed by atoms with E-state index >= 15 is 0 Å². The molecule has 1 saturated heterocycles. The van der Waals surface area contributed by atoms with E-state index in [1.54, 1.807) is 6.08 Å². The van der Waals surface area contributed by atoms with Gasteiger partial charge in [0.15, 0.2) is 5.78 Å². The number of ketones is 1. The Morgan fingerprint density at radius 1 is 1.07 bits per heavy atom. The molecule has 5 heteroatoms. The van der Waals surface area contributed by atoms with E-state index in [2.05, 4.69) is 16.8 Å². The lowest BCUT2D eigenvalue weighted by Gasteiger charge is -2.16. The quantitative estimate of drug-likeness (QED) is 0.605. The van der Waals surface area contributed by atoms with Gasteiger partial charge in [-0.3, -0.25) is 14.5 Å². The Balaban J connectivity index is 1.78. The molecule has 4 nitrogen and oxygen atoms in total. The Labute approximate surface area is 158 Å². The third-order valence-electron chi connectivity index (χ3n) is 4.87. The topological polar surface area (TPSA) is 49.4 Å². The van der Waals surface area contributed by atoms with E-state index in [-0.39, 0.29) is 17.5 Å². The fourth-order valence-corrected chi connectivity index (χ4v) is 3.52. The number of likely N-dealkylation sites (tertiary alicyclic amines) is 1. The van der Waals surface area contributed by atoms with E-state index < -0.39 is 11.8 Å². The van der Waals surface area contributed by atoms with Gasteiger partial charge in [0.2, 0.25) is 5.91 Å². The number of hydrogen-bond acceptors (Lipinski definition) is 3. The van der Waals surface area contributed by atoms with Crippen LogP contribution >= 0.6 is 0 Å². The van der Waals surface area contributed by atoms with Crippen LogP contribution in [0, 0.1) is 17.7 Å². The highest BCUT2D eigenvalue weighted by Crippen LogP contribution is 2.28. The average Bonchev–Trinajstić information content (AvgIpc) is 3.11. The molecule has 2 aromatic rings. The predicted octanol–water partition coefficient (Wildman–Crippen LogP) is 3.06. The largest absolute Gasteiger partial charge is 0.352 e. The summed E-state index contributed by atoms with van der Waals surface area (Å²) >= 11 is 0. The van der Waals surface area contributed by atoms with E-state index in [0.717, 1.165) is 5.56 Å². The van der Waals surface area contributed by atoms with E-state index in [0.29, 0.717) is 31.7 Å². The fourth-order valence-electron chi connectivity index (χ4n) is 3.52. The smallest absolute Gasteiger partial charge is 0.225 e. The van der Waals surface area contributed by atoms with Crippen LogP contribution in [0.3, 0.4) is 0 Å². The molecule has 1 amide bonds. The number of nitrogens with zero attached hydrogens (tertiary/aromatic N) is 1. The van der Waals surface area contributed by atoms with Gasteiger partial charge < -0.3 is 5.32 Å². The summed E-state index contributed by atoms with van der Waals surface area (Å²) in [6, 6.07) is 15.5. The molecule has 2 atom stereocenters. The molecule has 1 aliphatic rings. The summed E-state index contributed by atoms with van der Waals surface area (Å²) in [7, 11) is 0. The van der Waals surface area contributed by atoms with E-state index in [1.165, 1.54) is 24.3 Å². The Morgan fingerprint density at radius 3 is 2.41 bits per heavy atom. The fraction of sp³-hybridized carbons (Fsp3) is 0.273. The van der Waals surface area contributed by atoms with Crippen LogP contribution in [0.2, 0.25) is 0 Å². The maximum Gasteiger partial charge on any atom is 0.225 e. The Bertz CT molecular complexity index is 805. The Kier molecular flexibility index (Phi) is 6.14. The third kappa shape index (κ3) is 4.68. The Hall–Kier alpha value is -2.79. The highest BCUT2D eigenvalue weighted by atomic mass is 19.1. The first-order valence-electron chi connectivity index (χ1n) is 9.03. The Morgan fingerprint density at radius 2 is 1.74 bits per heavy atom. The lowest BCUT2D eigenvalue weighted by molar-refractivity contribution is -0.125. The molecule has 0 aromatic heterocycles. The maximum atomic E-state index is 13.2. The van der Waals surface area contributed by atoms with Gasteiger partial charge in [0, 0.05) is 37.7 Å². The van der Waals surface area contributed by atoms with Gasteiger partial charge >= 0.3 is 0 Å². The second-order valence-electron chi connectivity index (χ2n) is 6.80. The van der Waals surface area contributed by atoms with Gasteiger partial charge in [-0.15, -0.1) is 6.58 Å². The van der Waals surface area contributed by atoms with Crippen LogP contribution in [-0.2, 0) is 11.3 Å². The SMILES string of the molecule is C=CCNC(=O)[C@@H]1CN(Cc2ccccc2)C[C@H]1C(=O)c1ccc(F)cc1. The van der Waals surface area contributed by atoms with Crippen molar-refractivity contribution in [2.45, 2.75) is 6.54 Å². The first-order chi connectivity index (χ1) is 13.1. The molecule has 1 N–H and O–H groups in total. The molecule has 0 saturated carbocycles. The molecule has 0 radical (unpaired) electrons. The molecule has 3 rings (SSSR count). The number of benzene rings is 2. The monoisotopic (exact) mass is 366 g/mol. The van der Waals surface area contributed by atoms with Crippen LogP contribution in [0.5, 0.6) is 0 Å². The molecule has 140 valence electrons. The summed E-state index contributed by atoms with van der Waals surface area (Å²) in [6.45, 7) is 5.67. The minimum Gasteiger partial charge on any atom is -0.352 e. The number of nitrogens with one attached hydrogen (secondary N) is 1. The highest BCUT2D eigenvalue weighted by Gasteiger charge is 2.41. The minimum absolute atomic E-state index is 0.121. The first kappa shape index (κ1) is 19.0. The molecule has 0 aliphatic carbocycles. The van der Waals surface area contributed by atoms with Gasteiger partial charge in [-0.25, -0.2) is 4.39 Å². The molecule has 0 unspecified atom stereocenters. The summed E-state index contributed by atoms with van der Waals surface area (Å²) in [5.41, 5.74) is 1.57. The van der Waals surface area contributed by atoms with Gasteiger partial charge in [0.25, 0.3) is 0 Å². The van der Waals surface area contributed by atoms with Gasteiger partial charge in [-0.2, -0.15) is 0 Å². The summed E-state index contributed by atoms with van der Waals surface area (Å²) in [4.78, 5) is 27.7. The number of carbonyl (C=O) groups is 2. The van der Waals surface area contributed by atoms with Gasteiger partial charge in [-0.05, 0) is 29.8 Å². The third-order valence-corrected chi connectivity index (χ3v) is 4.87. The maximum absolute atomic E-state index is 13.2. The first-order valence-corrected chi connectivity index (χ1v) is 9.03. The van der Waals surface area contributed by atoms with Crippen LogP contribution in [-0.4, -0.2) is 36.2 Å².